The number of benzene rings is 2. The third-order valence-electron chi connectivity index (χ3n) is 4.12. The zero-order valence-corrected chi connectivity index (χ0v) is 19.9. The molecule has 0 heterocycles. The Bertz CT molecular complexity index is 1040. The lowest BCUT2D eigenvalue weighted by Crippen LogP contribution is -2.47. The Hall–Kier alpha value is -1.84. The molecule has 7 nitrogen and oxygen atoms in total. The Balaban J connectivity index is 2.08. The van der Waals surface area contributed by atoms with Gasteiger partial charge in [-0.1, -0.05) is 48.7 Å². The van der Waals surface area contributed by atoms with Crippen LogP contribution in [-0.4, -0.2) is 32.4 Å². The number of halogens is 3. The van der Waals surface area contributed by atoms with Crippen LogP contribution in [0.25, 0.3) is 0 Å². The first-order valence-electron chi connectivity index (χ1n) is 9.14. The Labute approximate surface area is 196 Å². The number of carbonyl (C=O) groups is 2. The molecule has 2 atom stereocenters. The number of carbonyl (C=O) groups excluding carboxylic acids is 2. The zero-order chi connectivity index (χ0) is 23.3. The van der Waals surface area contributed by atoms with Crippen molar-refractivity contribution in [2.24, 2.45) is 5.92 Å². The highest BCUT2D eigenvalue weighted by molar-refractivity contribution is 7.89. The van der Waals surface area contributed by atoms with Gasteiger partial charge in [-0.3, -0.25) is 9.59 Å². The molecule has 0 radical (unpaired) electrons. The SMILES string of the molecule is CC(C)[C@@H](NS(=O)(=O)c1ccc(Cl)cc1)C(=O)O[C@@H](C)C(=O)Nc1cc(Cl)cc(Cl)c1. The van der Waals surface area contributed by atoms with Crippen molar-refractivity contribution in [3.63, 3.8) is 0 Å². The number of nitrogens with one attached hydrogen (secondary N) is 2. The number of hydrogen-bond donors (Lipinski definition) is 2. The third-order valence-corrected chi connectivity index (χ3v) is 6.26. The van der Waals surface area contributed by atoms with Crippen molar-refractivity contribution in [3.8, 4) is 0 Å². The topological polar surface area (TPSA) is 102 Å². The molecule has 2 rings (SSSR count). The van der Waals surface area contributed by atoms with Crippen molar-refractivity contribution in [2.75, 3.05) is 5.32 Å². The molecular weight excluding hydrogens is 487 g/mol. The fourth-order valence-electron chi connectivity index (χ4n) is 2.48. The van der Waals surface area contributed by atoms with E-state index in [2.05, 4.69) is 10.0 Å². The molecule has 0 saturated carbocycles. The second-order valence-corrected chi connectivity index (χ2v) is 10.0. The van der Waals surface area contributed by atoms with Gasteiger partial charge in [-0.15, -0.1) is 0 Å². The first-order valence-corrected chi connectivity index (χ1v) is 11.8. The van der Waals surface area contributed by atoms with E-state index in [-0.39, 0.29) is 4.90 Å². The minimum Gasteiger partial charge on any atom is -0.451 e. The van der Waals surface area contributed by atoms with Crippen molar-refractivity contribution in [2.45, 2.75) is 37.8 Å². The Kier molecular flexibility index (Phi) is 8.73. The molecule has 0 fully saturated rings. The van der Waals surface area contributed by atoms with Crippen LogP contribution in [0.15, 0.2) is 47.4 Å². The molecule has 0 bridgehead atoms. The van der Waals surface area contributed by atoms with Crippen molar-refractivity contribution in [1.29, 1.82) is 0 Å². The summed E-state index contributed by atoms with van der Waals surface area (Å²) in [5.74, 6) is -1.97. The van der Waals surface area contributed by atoms with E-state index in [1.165, 1.54) is 49.4 Å². The first kappa shape index (κ1) is 25.4. The van der Waals surface area contributed by atoms with Gasteiger partial charge in [0.25, 0.3) is 5.91 Å². The summed E-state index contributed by atoms with van der Waals surface area (Å²) < 4.78 is 32.8. The maximum Gasteiger partial charge on any atom is 0.325 e. The molecular formula is C20H21Cl3N2O5S. The van der Waals surface area contributed by atoms with E-state index in [0.717, 1.165) is 0 Å². The Morgan fingerprint density at radius 1 is 0.903 bits per heavy atom. The summed E-state index contributed by atoms with van der Waals surface area (Å²) >= 11 is 17.6. The minimum absolute atomic E-state index is 0.0565. The molecule has 0 unspecified atom stereocenters. The van der Waals surface area contributed by atoms with Crippen molar-refractivity contribution < 1.29 is 22.7 Å². The summed E-state index contributed by atoms with van der Waals surface area (Å²) in [5.41, 5.74) is 0.328. The predicted octanol–water partition coefficient (Wildman–Crippen LogP) is 4.52. The molecule has 2 aromatic carbocycles. The largest absolute Gasteiger partial charge is 0.451 e. The molecule has 0 aromatic heterocycles. The molecule has 0 aliphatic carbocycles. The first-order chi connectivity index (χ1) is 14.4. The van der Waals surface area contributed by atoms with Crippen LogP contribution in [-0.2, 0) is 24.3 Å². The number of amides is 1. The smallest absolute Gasteiger partial charge is 0.325 e. The van der Waals surface area contributed by atoms with Crippen LogP contribution in [0.2, 0.25) is 15.1 Å². The van der Waals surface area contributed by atoms with E-state index in [1.807, 2.05) is 0 Å². The van der Waals surface area contributed by atoms with Gasteiger partial charge in [0.05, 0.1) is 4.90 Å². The number of rotatable bonds is 8. The monoisotopic (exact) mass is 506 g/mol. The minimum atomic E-state index is -4.02. The van der Waals surface area contributed by atoms with Crippen LogP contribution >= 0.6 is 34.8 Å². The third kappa shape index (κ3) is 7.36. The molecule has 168 valence electrons. The summed E-state index contributed by atoms with van der Waals surface area (Å²) in [6, 6.07) is 8.74. The van der Waals surface area contributed by atoms with E-state index < -0.39 is 40.0 Å². The van der Waals surface area contributed by atoms with Crippen molar-refractivity contribution in [1.82, 2.24) is 4.72 Å². The van der Waals surface area contributed by atoms with Crippen LogP contribution in [0.3, 0.4) is 0 Å². The number of sulfonamides is 1. The van der Waals surface area contributed by atoms with Gasteiger partial charge >= 0.3 is 5.97 Å². The number of esters is 1. The lowest BCUT2D eigenvalue weighted by molar-refractivity contribution is -0.155. The van der Waals surface area contributed by atoms with Gasteiger partial charge in [-0.2, -0.15) is 4.72 Å². The fraction of sp³-hybridized carbons (Fsp3) is 0.300. The molecule has 0 spiro atoms. The zero-order valence-electron chi connectivity index (χ0n) is 16.9. The van der Waals surface area contributed by atoms with Crippen LogP contribution in [0.4, 0.5) is 5.69 Å². The fourth-order valence-corrected chi connectivity index (χ4v) is 4.46. The summed E-state index contributed by atoms with van der Waals surface area (Å²) in [4.78, 5) is 25.0. The summed E-state index contributed by atoms with van der Waals surface area (Å²) in [5, 5.41) is 3.56. The van der Waals surface area contributed by atoms with Gasteiger partial charge in [-0.25, -0.2) is 8.42 Å². The molecule has 2 N–H and O–H groups in total. The second kappa shape index (κ2) is 10.7. The van der Waals surface area contributed by atoms with E-state index >= 15 is 0 Å². The van der Waals surface area contributed by atoms with Gasteiger partial charge in [0.1, 0.15) is 6.04 Å². The molecule has 31 heavy (non-hydrogen) atoms. The highest BCUT2D eigenvalue weighted by Crippen LogP contribution is 2.23. The van der Waals surface area contributed by atoms with Gasteiger partial charge in [0.2, 0.25) is 10.0 Å². The van der Waals surface area contributed by atoms with Gasteiger partial charge in [-0.05, 0) is 55.3 Å². The van der Waals surface area contributed by atoms with Gasteiger partial charge in [0.15, 0.2) is 6.10 Å². The Morgan fingerprint density at radius 3 is 1.97 bits per heavy atom. The molecule has 1 amide bonds. The van der Waals surface area contributed by atoms with E-state index in [9.17, 15) is 18.0 Å². The standard InChI is InChI=1S/C20H21Cl3N2O5S/c1-11(2)18(25-31(28,29)17-6-4-13(21)5-7-17)20(27)30-12(3)19(26)24-16-9-14(22)8-15(23)10-16/h4-12,18,25H,1-3H3,(H,24,26)/t12-,18+/m0/s1. The van der Waals surface area contributed by atoms with Crippen LogP contribution < -0.4 is 10.0 Å². The lowest BCUT2D eigenvalue weighted by Gasteiger charge is -2.23. The average Bonchev–Trinajstić information content (AvgIpc) is 2.65. The highest BCUT2D eigenvalue weighted by atomic mass is 35.5. The maximum atomic E-state index is 12.6. The van der Waals surface area contributed by atoms with Crippen LogP contribution in [0.1, 0.15) is 20.8 Å². The summed E-state index contributed by atoms with van der Waals surface area (Å²) in [6.45, 7) is 4.66. The normalized spacial score (nSPS) is 13.5. The van der Waals surface area contributed by atoms with Gasteiger partial charge < -0.3 is 10.1 Å². The number of ether oxygens (including phenoxy) is 1. The molecule has 0 aliphatic heterocycles. The molecule has 0 aliphatic rings. The second-order valence-electron chi connectivity index (χ2n) is 7.02. The summed E-state index contributed by atoms with van der Waals surface area (Å²) in [6.07, 6.45) is -1.20. The number of hydrogen-bond acceptors (Lipinski definition) is 5. The van der Waals surface area contributed by atoms with Crippen LogP contribution in [0.5, 0.6) is 0 Å². The average molecular weight is 508 g/mol. The maximum absolute atomic E-state index is 12.6. The van der Waals surface area contributed by atoms with Gasteiger partial charge in [0, 0.05) is 20.8 Å². The van der Waals surface area contributed by atoms with E-state index in [1.54, 1.807) is 13.8 Å². The molecule has 11 heteroatoms. The van der Waals surface area contributed by atoms with Crippen LogP contribution in [0, 0.1) is 5.92 Å². The lowest BCUT2D eigenvalue weighted by atomic mass is 10.1. The van der Waals surface area contributed by atoms with E-state index in [0.29, 0.717) is 20.8 Å². The molecule has 0 saturated heterocycles. The Morgan fingerprint density at radius 2 is 1.45 bits per heavy atom. The quantitative estimate of drug-likeness (QED) is 0.512. The summed E-state index contributed by atoms with van der Waals surface area (Å²) in [7, 11) is -4.02. The van der Waals surface area contributed by atoms with Crippen molar-refractivity contribution in [3.05, 3.63) is 57.5 Å². The highest BCUT2D eigenvalue weighted by Gasteiger charge is 2.32. The predicted molar refractivity (Wildman–Crippen MR) is 121 cm³/mol. The van der Waals surface area contributed by atoms with Crippen molar-refractivity contribution >= 4 is 62.4 Å². The molecule has 2 aromatic rings. The number of anilines is 1. The van der Waals surface area contributed by atoms with E-state index in [4.69, 9.17) is 39.5 Å².